The quantitative estimate of drug-likeness (QED) is 0.233. The van der Waals surface area contributed by atoms with Crippen LogP contribution in [-0.2, 0) is 13.9 Å². The molecule has 0 bridgehead atoms. The molecular weight excluding hydrogens is 402 g/mol. The molecule has 5 rings (SSSR count). The van der Waals surface area contributed by atoms with Crippen molar-refractivity contribution >= 4 is 47.9 Å². The second kappa shape index (κ2) is 7.27. The van der Waals surface area contributed by atoms with Gasteiger partial charge in [-0.05, 0) is 78.0 Å². The minimum atomic E-state index is -0.449. The molecule has 1 heterocycles. The van der Waals surface area contributed by atoms with Gasteiger partial charge >= 0.3 is 7.12 Å². The van der Waals surface area contributed by atoms with E-state index in [1.807, 2.05) is 24.3 Å². The lowest BCUT2D eigenvalue weighted by Gasteiger charge is -2.32. The summed E-state index contributed by atoms with van der Waals surface area (Å²) in [5.41, 5.74) is 2.52. The van der Waals surface area contributed by atoms with Crippen LogP contribution in [0.5, 0.6) is 0 Å². The van der Waals surface area contributed by atoms with Crippen molar-refractivity contribution in [1.82, 2.24) is 0 Å². The van der Waals surface area contributed by atoms with Crippen LogP contribution in [0.3, 0.4) is 0 Å². The molecule has 0 N–H and O–H groups in total. The molecule has 1 aliphatic rings. The summed E-state index contributed by atoms with van der Waals surface area (Å²) in [6.45, 7) is 8.34. The molecule has 1 saturated heterocycles. The first-order valence-corrected chi connectivity index (χ1v) is 11.4. The Bertz CT molecular complexity index is 1240. The van der Waals surface area contributed by atoms with Crippen molar-refractivity contribution in [2.24, 2.45) is 0 Å². The van der Waals surface area contributed by atoms with Crippen LogP contribution in [0.4, 0.5) is 0 Å². The van der Waals surface area contributed by atoms with Crippen LogP contribution in [-0.4, -0.2) is 18.3 Å². The molecule has 0 saturated carbocycles. The van der Waals surface area contributed by atoms with Gasteiger partial charge in [0.05, 0.1) is 11.2 Å². The molecule has 0 radical (unpaired) electrons. The average molecular weight is 426 g/mol. The molecule has 0 amide bonds. The Kier molecular flexibility index (Phi) is 4.78. The normalized spacial score (nSPS) is 17.6. The summed E-state index contributed by atoms with van der Waals surface area (Å²) in [5, 5.41) is 5.32. The number of rotatable bonds is 3. The number of fused-ring (bicyclic) bond motifs is 2. The Morgan fingerprint density at radius 1 is 0.677 bits per heavy atom. The SMILES string of the molecule is CC1(C)OB(c2c3ccccc3c(-c3ccc(P=O)cc3)c3ccccc23)OC1(C)C. The number of hydrogen-bond acceptors (Lipinski definition) is 3. The predicted molar refractivity (Wildman–Crippen MR) is 130 cm³/mol. The highest BCUT2D eigenvalue weighted by molar-refractivity contribution is 7.34. The van der Waals surface area contributed by atoms with Gasteiger partial charge in [0.1, 0.15) is 0 Å². The topological polar surface area (TPSA) is 35.5 Å². The summed E-state index contributed by atoms with van der Waals surface area (Å²) >= 11 is 0. The zero-order valence-corrected chi connectivity index (χ0v) is 19.1. The van der Waals surface area contributed by atoms with Crippen molar-refractivity contribution in [2.45, 2.75) is 38.9 Å². The van der Waals surface area contributed by atoms with E-state index < -0.39 is 18.3 Å². The highest BCUT2D eigenvalue weighted by atomic mass is 31.1. The van der Waals surface area contributed by atoms with Crippen molar-refractivity contribution in [2.75, 3.05) is 0 Å². The summed E-state index contributed by atoms with van der Waals surface area (Å²) in [7, 11) is -0.414. The molecule has 5 heteroatoms. The van der Waals surface area contributed by atoms with Crippen molar-refractivity contribution in [3.05, 3.63) is 72.8 Å². The second-order valence-electron chi connectivity index (χ2n) is 9.11. The molecule has 154 valence electrons. The predicted octanol–water partition coefficient (Wildman–Crippen LogP) is 5.88. The molecule has 0 spiro atoms. The first-order valence-electron chi connectivity index (χ1n) is 10.6. The fourth-order valence-corrected chi connectivity index (χ4v) is 4.65. The van der Waals surface area contributed by atoms with Crippen LogP contribution >= 0.6 is 8.46 Å². The molecule has 0 unspecified atom stereocenters. The molecule has 31 heavy (non-hydrogen) atoms. The molecule has 1 aliphatic heterocycles. The van der Waals surface area contributed by atoms with E-state index in [2.05, 4.69) is 76.2 Å². The molecule has 0 aromatic heterocycles. The summed E-state index contributed by atoms with van der Waals surface area (Å²) in [6.07, 6.45) is 0. The van der Waals surface area contributed by atoms with Crippen molar-refractivity contribution < 1.29 is 13.9 Å². The molecule has 4 aromatic carbocycles. The maximum atomic E-state index is 11.2. The lowest BCUT2D eigenvalue weighted by atomic mass is 9.71. The van der Waals surface area contributed by atoms with Crippen LogP contribution in [0.1, 0.15) is 27.7 Å². The summed E-state index contributed by atoms with van der Waals surface area (Å²) in [4.78, 5) is 0. The highest BCUT2D eigenvalue weighted by Crippen LogP contribution is 2.40. The largest absolute Gasteiger partial charge is 0.496 e. The zero-order chi connectivity index (χ0) is 21.8. The fourth-order valence-electron chi connectivity index (χ4n) is 4.38. The van der Waals surface area contributed by atoms with Crippen LogP contribution in [0, 0.1) is 0 Å². The van der Waals surface area contributed by atoms with Crippen LogP contribution in [0.15, 0.2) is 72.8 Å². The summed E-state index contributed by atoms with van der Waals surface area (Å²) in [6, 6.07) is 24.8. The molecule has 1 fully saturated rings. The summed E-state index contributed by atoms with van der Waals surface area (Å²) in [5.74, 6) is 0. The maximum absolute atomic E-state index is 11.2. The smallest absolute Gasteiger partial charge is 0.399 e. The third kappa shape index (κ3) is 3.22. The van der Waals surface area contributed by atoms with E-state index in [0.717, 1.165) is 37.9 Å². The van der Waals surface area contributed by atoms with Gasteiger partial charge in [-0.25, -0.2) is 0 Å². The van der Waals surface area contributed by atoms with Gasteiger partial charge in [0, 0.05) is 5.30 Å². The minimum absolute atomic E-state index is 0.0347. The molecular formula is C26H24BO3P. The van der Waals surface area contributed by atoms with Crippen molar-refractivity contribution in [1.29, 1.82) is 0 Å². The zero-order valence-electron chi connectivity index (χ0n) is 18.2. The molecule has 0 aliphatic carbocycles. The monoisotopic (exact) mass is 426 g/mol. The first-order chi connectivity index (χ1) is 14.8. The van der Waals surface area contributed by atoms with E-state index in [0.29, 0.717) is 0 Å². The second-order valence-corrected chi connectivity index (χ2v) is 9.81. The van der Waals surface area contributed by atoms with E-state index in [1.165, 1.54) is 5.56 Å². The van der Waals surface area contributed by atoms with Gasteiger partial charge < -0.3 is 9.31 Å². The van der Waals surface area contributed by atoms with Gasteiger partial charge in [0.25, 0.3) is 0 Å². The average Bonchev–Trinajstić information content (AvgIpc) is 2.98. The standard InChI is InChI=1S/C26H24BO3P/c1-25(2)26(3,4)30-27(29-25)24-21-11-7-5-9-19(21)23(20-10-6-8-12-22(20)24)17-13-15-18(31-28)16-14-17/h5-16H,1-4H3. The van der Waals surface area contributed by atoms with Crippen molar-refractivity contribution in [3.8, 4) is 11.1 Å². The van der Waals surface area contributed by atoms with Gasteiger partial charge in [0.2, 0.25) is 0 Å². The Morgan fingerprint density at radius 3 is 1.58 bits per heavy atom. The highest BCUT2D eigenvalue weighted by Gasteiger charge is 2.52. The van der Waals surface area contributed by atoms with Gasteiger partial charge in [-0.2, -0.15) is 0 Å². The van der Waals surface area contributed by atoms with E-state index in [-0.39, 0.29) is 8.46 Å². The van der Waals surface area contributed by atoms with Crippen molar-refractivity contribution in [3.63, 3.8) is 0 Å². The summed E-state index contributed by atoms with van der Waals surface area (Å²) < 4.78 is 24.2. The van der Waals surface area contributed by atoms with E-state index in [9.17, 15) is 4.57 Å². The van der Waals surface area contributed by atoms with Crippen LogP contribution in [0.25, 0.3) is 32.7 Å². The van der Waals surface area contributed by atoms with Gasteiger partial charge in [-0.3, -0.25) is 4.57 Å². The Balaban J connectivity index is 1.84. The molecule has 3 nitrogen and oxygen atoms in total. The van der Waals surface area contributed by atoms with Crippen LogP contribution in [0.2, 0.25) is 0 Å². The van der Waals surface area contributed by atoms with E-state index in [1.54, 1.807) is 0 Å². The first kappa shape index (κ1) is 20.4. The number of benzene rings is 4. The Labute approximate surface area is 184 Å². The van der Waals surface area contributed by atoms with Gasteiger partial charge in [-0.15, -0.1) is 0 Å². The Morgan fingerprint density at radius 2 is 1.13 bits per heavy atom. The van der Waals surface area contributed by atoms with Crippen LogP contribution < -0.4 is 10.8 Å². The third-order valence-electron chi connectivity index (χ3n) is 6.72. The Hall–Kier alpha value is -2.52. The third-order valence-corrected chi connectivity index (χ3v) is 7.23. The lowest BCUT2D eigenvalue weighted by Crippen LogP contribution is -2.41. The van der Waals surface area contributed by atoms with Gasteiger partial charge in [-0.1, -0.05) is 60.7 Å². The molecule has 0 atom stereocenters. The molecule has 4 aromatic rings. The maximum Gasteiger partial charge on any atom is 0.496 e. The van der Waals surface area contributed by atoms with Gasteiger partial charge in [0.15, 0.2) is 8.46 Å². The fraction of sp³-hybridized carbons (Fsp3) is 0.231. The minimum Gasteiger partial charge on any atom is -0.399 e. The number of hydrogen-bond donors (Lipinski definition) is 0. The van der Waals surface area contributed by atoms with E-state index in [4.69, 9.17) is 9.31 Å². The van der Waals surface area contributed by atoms with E-state index >= 15 is 0 Å². The lowest BCUT2D eigenvalue weighted by molar-refractivity contribution is 0.00578.